The van der Waals surface area contributed by atoms with Crippen molar-refractivity contribution in [3.8, 4) is 5.69 Å². The molecule has 0 spiro atoms. The number of anilines is 1. The summed E-state index contributed by atoms with van der Waals surface area (Å²) in [5.41, 5.74) is 3.39. The van der Waals surface area contributed by atoms with Crippen LogP contribution in [0, 0.1) is 0 Å². The van der Waals surface area contributed by atoms with Crippen LogP contribution in [0.1, 0.15) is 29.2 Å². The van der Waals surface area contributed by atoms with Gasteiger partial charge in [0.2, 0.25) is 0 Å². The van der Waals surface area contributed by atoms with Gasteiger partial charge in [-0.25, -0.2) is 9.48 Å². The maximum absolute atomic E-state index is 13.4. The molecule has 8 nitrogen and oxygen atoms in total. The molecule has 172 valence electrons. The predicted molar refractivity (Wildman–Crippen MR) is 125 cm³/mol. The third-order valence-electron chi connectivity index (χ3n) is 6.56. The van der Waals surface area contributed by atoms with Gasteiger partial charge >= 0.3 is 6.03 Å². The molecular weight excluding hydrogens is 418 g/mol. The van der Waals surface area contributed by atoms with Crippen LogP contribution in [0.15, 0.2) is 60.7 Å². The molecule has 0 unspecified atom stereocenters. The van der Waals surface area contributed by atoms with E-state index in [1.165, 1.54) is 5.56 Å². The van der Waals surface area contributed by atoms with Crippen LogP contribution in [0.2, 0.25) is 0 Å². The van der Waals surface area contributed by atoms with Crippen LogP contribution in [-0.4, -0.2) is 48.2 Å². The van der Waals surface area contributed by atoms with Crippen LogP contribution in [0.25, 0.3) is 5.69 Å². The zero-order valence-electron chi connectivity index (χ0n) is 18.7. The molecule has 1 saturated heterocycles. The number of ether oxygens (including phenoxy) is 2. The van der Waals surface area contributed by atoms with Gasteiger partial charge in [-0.3, -0.25) is 5.32 Å². The summed E-state index contributed by atoms with van der Waals surface area (Å²) in [7, 11) is 1.69. The number of carbonyl (C=O) groups excluding carboxylic acids is 1. The molecule has 3 aromatic rings. The number of benzene rings is 2. The molecule has 2 atom stereocenters. The van der Waals surface area contributed by atoms with Crippen molar-refractivity contribution in [2.24, 2.45) is 0 Å². The number of carbonyl (C=O) groups is 1. The summed E-state index contributed by atoms with van der Waals surface area (Å²) < 4.78 is 12.8. The minimum atomic E-state index is -0.473. The number of amides is 2. The Morgan fingerprint density at radius 2 is 1.94 bits per heavy atom. The lowest BCUT2D eigenvalue weighted by molar-refractivity contribution is 0.131. The summed E-state index contributed by atoms with van der Waals surface area (Å²) in [4.78, 5) is 13.4. The number of para-hydroxylation sites is 1. The molecule has 0 radical (unpaired) electrons. The van der Waals surface area contributed by atoms with Gasteiger partial charge in [0, 0.05) is 38.3 Å². The van der Waals surface area contributed by atoms with Crippen molar-refractivity contribution in [1.29, 1.82) is 0 Å². The van der Waals surface area contributed by atoms with Crippen LogP contribution in [-0.2, 0) is 22.7 Å². The number of hydrogen-bond donors (Lipinski definition) is 3. The Bertz CT molecular complexity index is 1100. The SMILES string of the molecule is COCC[C@@]1(NC(=O)Nc2c3c(nn2-c2ccccc2)COC3)CNC[C@H]1c1ccccc1. The normalized spacial score (nSPS) is 21.7. The lowest BCUT2D eigenvalue weighted by Gasteiger charge is -2.36. The van der Waals surface area contributed by atoms with E-state index in [2.05, 4.69) is 28.1 Å². The fraction of sp³-hybridized carbons (Fsp3) is 0.360. The standard InChI is InChI=1S/C25H29N5O3/c1-32-13-12-25(17-26-14-21(25)18-8-4-2-5-9-18)28-24(31)27-23-20-15-33-16-22(20)29-30(23)19-10-6-3-7-11-19/h2-11,21,26H,12-17H2,1H3,(H2,27,28,31)/t21-,25+/m0/s1. The molecule has 0 bridgehead atoms. The highest BCUT2D eigenvalue weighted by atomic mass is 16.5. The number of nitrogens with one attached hydrogen (secondary N) is 3. The molecule has 0 aliphatic carbocycles. The van der Waals surface area contributed by atoms with Gasteiger partial charge in [0.1, 0.15) is 5.82 Å². The fourth-order valence-corrected chi connectivity index (χ4v) is 4.88. The number of aromatic nitrogens is 2. The van der Waals surface area contributed by atoms with Crippen LogP contribution < -0.4 is 16.0 Å². The highest BCUT2D eigenvalue weighted by molar-refractivity contribution is 5.90. The van der Waals surface area contributed by atoms with Gasteiger partial charge in [-0.2, -0.15) is 5.10 Å². The Hall–Kier alpha value is -3.20. The van der Waals surface area contributed by atoms with E-state index in [0.29, 0.717) is 38.6 Å². The summed E-state index contributed by atoms with van der Waals surface area (Å²) in [5, 5.41) is 14.6. The van der Waals surface area contributed by atoms with Gasteiger partial charge in [0.25, 0.3) is 0 Å². The van der Waals surface area contributed by atoms with Gasteiger partial charge in [0.05, 0.1) is 30.1 Å². The smallest absolute Gasteiger partial charge is 0.320 e. The molecule has 3 heterocycles. The average molecular weight is 448 g/mol. The molecule has 2 aliphatic heterocycles. The van der Waals surface area contributed by atoms with E-state index in [4.69, 9.17) is 14.6 Å². The molecule has 33 heavy (non-hydrogen) atoms. The second-order valence-corrected chi connectivity index (χ2v) is 8.59. The minimum Gasteiger partial charge on any atom is -0.385 e. The first-order valence-corrected chi connectivity index (χ1v) is 11.3. The quantitative estimate of drug-likeness (QED) is 0.518. The number of methoxy groups -OCH3 is 1. The van der Waals surface area contributed by atoms with Crippen LogP contribution in [0.3, 0.4) is 0 Å². The summed E-state index contributed by atoms with van der Waals surface area (Å²) >= 11 is 0. The van der Waals surface area contributed by atoms with Crippen LogP contribution in [0.4, 0.5) is 10.6 Å². The van der Waals surface area contributed by atoms with E-state index in [-0.39, 0.29) is 11.9 Å². The summed E-state index contributed by atoms with van der Waals surface area (Å²) in [6.07, 6.45) is 0.697. The van der Waals surface area contributed by atoms with Crippen molar-refractivity contribution in [2.45, 2.75) is 31.1 Å². The number of urea groups is 1. The third kappa shape index (κ3) is 4.25. The van der Waals surface area contributed by atoms with E-state index in [1.807, 2.05) is 48.5 Å². The zero-order chi connectivity index (χ0) is 22.7. The van der Waals surface area contributed by atoms with E-state index < -0.39 is 5.54 Å². The Morgan fingerprint density at radius 3 is 2.70 bits per heavy atom. The van der Waals surface area contributed by atoms with E-state index in [9.17, 15) is 4.79 Å². The van der Waals surface area contributed by atoms with Gasteiger partial charge < -0.3 is 20.1 Å². The van der Waals surface area contributed by atoms with Crippen molar-refractivity contribution < 1.29 is 14.3 Å². The number of rotatable bonds is 7. The molecule has 2 aromatic carbocycles. The first-order chi connectivity index (χ1) is 16.2. The fourth-order valence-electron chi connectivity index (χ4n) is 4.88. The highest BCUT2D eigenvalue weighted by Crippen LogP contribution is 2.35. The predicted octanol–water partition coefficient (Wildman–Crippen LogP) is 3.19. The van der Waals surface area contributed by atoms with Crippen molar-refractivity contribution in [3.63, 3.8) is 0 Å². The first-order valence-electron chi connectivity index (χ1n) is 11.3. The van der Waals surface area contributed by atoms with E-state index in [0.717, 1.165) is 23.5 Å². The molecule has 3 N–H and O–H groups in total. The molecular formula is C25H29N5O3. The molecule has 1 fully saturated rings. The largest absolute Gasteiger partial charge is 0.385 e. The summed E-state index contributed by atoms with van der Waals surface area (Å²) in [6, 6.07) is 19.9. The Labute approximate surface area is 193 Å². The Balaban J connectivity index is 1.43. The van der Waals surface area contributed by atoms with Gasteiger partial charge in [0.15, 0.2) is 0 Å². The molecule has 8 heteroatoms. The number of fused-ring (bicyclic) bond motifs is 1. The molecule has 5 rings (SSSR count). The van der Waals surface area contributed by atoms with Crippen LogP contribution in [0.5, 0.6) is 0 Å². The second kappa shape index (κ2) is 9.35. The maximum atomic E-state index is 13.4. The van der Waals surface area contributed by atoms with Crippen molar-refractivity contribution >= 4 is 11.8 Å². The molecule has 0 saturated carbocycles. The topological polar surface area (TPSA) is 89.4 Å². The van der Waals surface area contributed by atoms with Gasteiger partial charge in [-0.15, -0.1) is 0 Å². The number of hydrogen-bond acceptors (Lipinski definition) is 5. The first kappa shape index (κ1) is 21.6. The van der Waals surface area contributed by atoms with Gasteiger partial charge in [-0.1, -0.05) is 48.5 Å². The molecule has 2 amide bonds. The van der Waals surface area contributed by atoms with Crippen molar-refractivity contribution in [3.05, 3.63) is 77.5 Å². The summed E-state index contributed by atoms with van der Waals surface area (Å²) in [5.74, 6) is 0.781. The molecule has 1 aromatic heterocycles. The van der Waals surface area contributed by atoms with E-state index >= 15 is 0 Å². The van der Waals surface area contributed by atoms with Crippen LogP contribution >= 0.6 is 0 Å². The Morgan fingerprint density at radius 1 is 1.18 bits per heavy atom. The second-order valence-electron chi connectivity index (χ2n) is 8.59. The number of nitrogens with zero attached hydrogens (tertiary/aromatic N) is 2. The average Bonchev–Trinajstić information content (AvgIpc) is 3.55. The van der Waals surface area contributed by atoms with E-state index in [1.54, 1.807) is 11.8 Å². The third-order valence-corrected chi connectivity index (χ3v) is 6.56. The maximum Gasteiger partial charge on any atom is 0.320 e. The lowest BCUT2D eigenvalue weighted by Crippen LogP contribution is -2.55. The zero-order valence-corrected chi connectivity index (χ0v) is 18.7. The summed E-state index contributed by atoms with van der Waals surface area (Å²) in [6.45, 7) is 2.89. The Kier molecular flexibility index (Phi) is 6.13. The lowest BCUT2D eigenvalue weighted by atomic mass is 9.79. The highest BCUT2D eigenvalue weighted by Gasteiger charge is 2.44. The monoisotopic (exact) mass is 447 g/mol. The van der Waals surface area contributed by atoms with Crippen molar-refractivity contribution in [2.75, 3.05) is 32.1 Å². The molecule has 2 aliphatic rings. The van der Waals surface area contributed by atoms with Crippen molar-refractivity contribution in [1.82, 2.24) is 20.4 Å². The minimum absolute atomic E-state index is 0.132. The van der Waals surface area contributed by atoms with Gasteiger partial charge in [-0.05, 0) is 24.1 Å².